The second kappa shape index (κ2) is 8.23. The van der Waals surface area contributed by atoms with E-state index in [1.54, 1.807) is 11.8 Å². The number of hydrogen-bond donors (Lipinski definition) is 1. The number of carbonyl (C=O) groups excluding carboxylic acids is 1. The maximum atomic E-state index is 13.1. The van der Waals surface area contributed by atoms with Crippen LogP contribution in [-0.2, 0) is 0 Å². The van der Waals surface area contributed by atoms with Crippen LogP contribution in [0, 0.1) is 5.92 Å². The van der Waals surface area contributed by atoms with Crippen molar-refractivity contribution in [2.24, 2.45) is 5.92 Å². The van der Waals surface area contributed by atoms with E-state index in [1.807, 2.05) is 47.4 Å². The molecule has 1 aliphatic heterocycles. The summed E-state index contributed by atoms with van der Waals surface area (Å²) in [7, 11) is 0. The number of para-hydroxylation sites is 1. The molecule has 2 heterocycles. The van der Waals surface area contributed by atoms with Gasteiger partial charge in [-0.1, -0.05) is 31.2 Å². The zero-order chi connectivity index (χ0) is 19.5. The Balaban J connectivity index is 1.70. The zero-order valence-electron chi connectivity index (χ0n) is 16.3. The molecule has 2 aromatic carbocycles. The van der Waals surface area contributed by atoms with Crippen LogP contribution in [0.3, 0.4) is 0 Å². The predicted molar refractivity (Wildman–Crippen MR) is 118 cm³/mol. The number of carbonyl (C=O) groups is 1. The molecule has 3 aromatic rings. The number of pyridine rings is 1. The molecule has 1 N–H and O–H groups in total. The summed E-state index contributed by atoms with van der Waals surface area (Å²) in [6, 6.07) is 18.2. The smallest absolute Gasteiger partial charge is 0.272 e. The highest BCUT2D eigenvalue weighted by Crippen LogP contribution is 2.29. The van der Waals surface area contributed by atoms with Crippen LogP contribution in [0.25, 0.3) is 10.9 Å². The second-order valence-electron chi connectivity index (χ2n) is 7.40. The van der Waals surface area contributed by atoms with Gasteiger partial charge in [-0.3, -0.25) is 4.79 Å². The molecular formula is C23H25N3OS. The predicted octanol–water partition coefficient (Wildman–Crippen LogP) is 5.57. The van der Waals surface area contributed by atoms with Crippen molar-refractivity contribution in [2.45, 2.75) is 24.7 Å². The van der Waals surface area contributed by atoms with E-state index in [0.29, 0.717) is 11.6 Å². The van der Waals surface area contributed by atoms with Gasteiger partial charge in [0.15, 0.2) is 0 Å². The van der Waals surface area contributed by atoms with Crippen LogP contribution in [0.15, 0.2) is 59.5 Å². The summed E-state index contributed by atoms with van der Waals surface area (Å²) in [4.78, 5) is 20.9. The molecule has 0 bridgehead atoms. The molecule has 144 valence electrons. The first kappa shape index (κ1) is 18.8. The lowest BCUT2D eigenvalue weighted by molar-refractivity contribution is 0.0692. The van der Waals surface area contributed by atoms with Gasteiger partial charge in [0.25, 0.3) is 5.91 Å². The van der Waals surface area contributed by atoms with Gasteiger partial charge in [0, 0.05) is 29.1 Å². The monoisotopic (exact) mass is 391 g/mol. The lowest BCUT2D eigenvalue weighted by Gasteiger charge is -2.30. The van der Waals surface area contributed by atoms with Gasteiger partial charge in [0.2, 0.25) is 0 Å². The molecule has 1 fully saturated rings. The third-order valence-electron chi connectivity index (χ3n) is 5.35. The van der Waals surface area contributed by atoms with Crippen molar-refractivity contribution in [1.29, 1.82) is 0 Å². The molecule has 0 radical (unpaired) electrons. The molecule has 1 aliphatic rings. The number of anilines is 2. The first-order chi connectivity index (χ1) is 13.6. The van der Waals surface area contributed by atoms with Gasteiger partial charge in [0.05, 0.1) is 11.2 Å². The first-order valence-corrected chi connectivity index (χ1v) is 11.0. The third-order valence-corrected chi connectivity index (χ3v) is 6.08. The summed E-state index contributed by atoms with van der Waals surface area (Å²) in [6.07, 6.45) is 4.19. The molecule has 1 aromatic heterocycles. The van der Waals surface area contributed by atoms with E-state index in [0.717, 1.165) is 48.2 Å². The van der Waals surface area contributed by atoms with Crippen molar-refractivity contribution in [3.63, 3.8) is 0 Å². The van der Waals surface area contributed by atoms with E-state index in [1.165, 1.54) is 4.90 Å². The van der Waals surface area contributed by atoms with Crippen LogP contribution in [0.5, 0.6) is 0 Å². The summed E-state index contributed by atoms with van der Waals surface area (Å²) in [6.45, 7) is 3.88. The van der Waals surface area contributed by atoms with Crippen molar-refractivity contribution in [2.75, 3.05) is 24.7 Å². The summed E-state index contributed by atoms with van der Waals surface area (Å²) < 4.78 is 0. The maximum absolute atomic E-state index is 13.1. The minimum absolute atomic E-state index is 0.0265. The largest absolute Gasteiger partial charge is 0.355 e. The number of hydrogen-bond acceptors (Lipinski definition) is 4. The van der Waals surface area contributed by atoms with Gasteiger partial charge in [-0.15, -0.1) is 11.8 Å². The zero-order valence-corrected chi connectivity index (χ0v) is 17.1. The second-order valence-corrected chi connectivity index (χ2v) is 8.28. The van der Waals surface area contributed by atoms with E-state index >= 15 is 0 Å². The maximum Gasteiger partial charge on any atom is 0.272 e. The Morgan fingerprint density at radius 3 is 2.68 bits per heavy atom. The Hall–Kier alpha value is -2.53. The van der Waals surface area contributed by atoms with Crippen LogP contribution in [0.1, 0.15) is 30.3 Å². The van der Waals surface area contributed by atoms with Gasteiger partial charge in [-0.2, -0.15) is 0 Å². The third kappa shape index (κ3) is 3.99. The number of piperidine rings is 1. The number of nitrogens with one attached hydrogen (secondary N) is 1. The summed E-state index contributed by atoms with van der Waals surface area (Å²) in [5.74, 6) is 0.716. The molecule has 0 atom stereocenters. The first-order valence-electron chi connectivity index (χ1n) is 9.74. The van der Waals surface area contributed by atoms with Crippen molar-refractivity contribution >= 4 is 39.9 Å². The fourth-order valence-electron chi connectivity index (χ4n) is 3.62. The van der Waals surface area contributed by atoms with E-state index < -0.39 is 0 Å². The fraction of sp³-hybridized carbons (Fsp3) is 0.304. The van der Waals surface area contributed by atoms with Crippen molar-refractivity contribution in [3.05, 3.63) is 60.3 Å². The quantitative estimate of drug-likeness (QED) is 0.590. The number of fused-ring (bicyclic) bond motifs is 1. The molecule has 0 spiro atoms. The molecule has 28 heavy (non-hydrogen) atoms. The minimum Gasteiger partial charge on any atom is -0.355 e. The van der Waals surface area contributed by atoms with Crippen molar-refractivity contribution in [1.82, 2.24) is 9.88 Å². The van der Waals surface area contributed by atoms with Crippen LogP contribution < -0.4 is 5.32 Å². The Bertz CT molecular complexity index is 996. The molecule has 0 unspecified atom stereocenters. The fourth-order valence-corrected chi connectivity index (χ4v) is 4.08. The van der Waals surface area contributed by atoms with Gasteiger partial charge in [-0.25, -0.2) is 4.98 Å². The summed E-state index contributed by atoms with van der Waals surface area (Å²) in [5, 5.41) is 4.52. The van der Waals surface area contributed by atoms with E-state index in [-0.39, 0.29) is 5.91 Å². The van der Waals surface area contributed by atoms with Crippen molar-refractivity contribution < 1.29 is 4.79 Å². The number of aromatic nitrogens is 1. The number of likely N-dealkylation sites (tertiary alicyclic amines) is 1. The van der Waals surface area contributed by atoms with Gasteiger partial charge in [0.1, 0.15) is 5.69 Å². The van der Waals surface area contributed by atoms with Gasteiger partial charge < -0.3 is 10.2 Å². The Kier molecular flexibility index (Phi) is 5.53. The molecule has 1 saturated heterocycles. The van der Waals surface area contributed by atoms with Crippen LogP contribution in [-0.4, -0.2) is 35.1 Å². The highest BCUT2D eigenvalue weighted by molar-refractivity contribution is 7.98. The average Bonchev–Trinajstić information content (AvgIpc) is 2.74. The summed E-state index contributed by atoms with van der Waals surface area (Å²) in [5.41, 5.74) is 3.27. The van der Waals surface area contributed by atoms with E-state index in [9.17, 15) is 4.79 Å². The number of amides is 1. The van der Waals surface area contributed by atoms with Crippen LogP contribution in [0.4, 0.5) is 11.4 Å². The molecule has 0 saturated carbocycles. The molecule has 0 aliphatic carbocycles. The van der Waals surface area contributed by atoms with Crippen LogP contribution >= 0.6 is 11.8 Å². The van der Waals surface area contributed by atoms with Crippen LogP contribution in [0.2, 0.25) is 0 Å². The van der Waals surface area contributed by atoms with Gasteiger partial charge in [-0.05, 0) is 55.3 Å². The average molecular weight is 392 g/mol. The highest BCUT2D eigenvalue weighted by Gasteiger charge is 2.23. The molecule has 1 amide bonds. The lowest BCUT2D eigenvalue weighted by Crippen LogP contribution is -2.38. The Morgan fingerprint density at radius 2 is 1.89 bits per heavy atom. The molecular weight excluding hydrogens is 366 g/mol. The number of rotatable bonds is 4. The Labute approximate surface area is 170 Å². The molecule has 5 heteroatoms. The SMILES string of the molecule is CSc1cccc(Nc2cc(C(=O)N3CCC(C)CC3)nc3ccccc23)c1. The minimum atomic E-state index is 0.0265. The molecule has 4 rings (SSSR count). The van der Waals surface area contributed by atoms with Gasteiger partial charge >= 0.3 is 0 Å². The number of benzene rings is 2. The van der Waals surface area contributed by atoms with E-state index in [4.69, 9.17) is 0 Å². The normalized spacial score (nSPS) is 15.0. The number of thioether (sulfide) groups is 1. The Morgan fingerprint density at radius 1 is 1.11 bits per heavy atom. The highest BCUT2D eigenvalue weighted by atomic mass is 32.2. The van der Waals surface area contributed by atoms with E-state index in [2.05, 4.69) is 35.6 Å². The summed E-state index contributed by atoms with van der Waals surface area (Å²) >= 11 is 1.71. The molecule has 4 nitrogen and oxygen atoms in total. The number of nitrogens with zero attached hydrogens (tertiary/aromatic N) is 2. The topological polar surface area (TPSA) is 45.2 Å². The van der Waals surface area contributed by atoms with Crippen molar-refractivity contribution in [3.8, 4) is 0 Å². The standard InChI is InChI=1S/C23H25N3OS/c1-16-10-12-26(13-11-16)23(27)22-15-21(19-8-3-4-9-20(19)25-22)24-17-6-5-7-18(14-17)28-2/h3-9,14-16H,10-13H2,1-2H3,(H,24,25). The lowest BCUT2D eigenvalue weighted by atomic mass is 9.99.